The Morgan fingerprint density at radius 1 is 1.19 bits per heavy atom. The molecule has 3 atom stereocenters. The van der Waals surface area contributed by atoms with E-state index in [9.17, 15) is 18.0 Å². The third-order valence-corrected chi connectivity index (χ3v) is 7.17. The van der Waals surface area contributed by atoms with E-state index < -0.39 is 18.3 Å². The molecule has 168 valence electrons. The molecule has 0 spiro atoms. The van der Waals surface area contributed by atoms with Gasteiger partial charge in [0.25, 0.3) is 5.91 Å². The normalized spacial score (nSPS) is 23.5. The van der Waals surface area contributed by atoms with E-state index in [1.165, 1.54) is 17.5 Å². The summed E-state index contributed by atoms with van der Waals surface area (Å²) in [7, 11) is 0. The topological polar surface area (TPSA) is 63.1 Å². The minimum atomic E-state index is -4.47. The monoisotopic (exact) mass is 461 g/mol. The van der Waals surface area contributed by atoms with Gasteiger partial charge in [-0.3, -0.25) is 9.78 Å². The molecule has 1 N–H and O–H groups in total. The Hall–Kier alpha value is -2.88. The summed E-state index contributed by atoms with van der Waals surface area (Å²) in [5.41, 5.74) is 1.11. The number of nitrogens with zero attached hydrogens (tertiary/aromatic N) is 4. The fourth-order valence-corrected chi connectivity index (χ4v) is 5.43. The molecule has 1 amide bonds. The highest BCUT2D eigenvalue weighted by molar-refractivity contribution is 7.10. The Labute approximate surface area is 187 Å². The highest BCUT2D eigenvalue weighted by Crippen LogP contribution is 2.45. The van der Waals surface area contributed by atoms with Crippen LogP contribution in [0.3, 0.4) is 0 Å². The van der Waals surface area contributed by atoms with E-state index in [0.717, 1.165) is 34.4 Å². The second kappa shape index (κ2) is 8.23. The number of rotatable bonds is 3. The highest BCUT2D eigenvalue weighted by Gasteiger charge is 2.48. The molecule has 0 bridgehead atoms. The molecule has 10 heteroatoms. The maximum absolute atomic E-state index is 13.9. The third kappa shape index (κ3) is 3.76. The summed E-state index contributed by atoms with van der Waals surface area (Å²) in [5, 5.41) is 9.02. The lowest BCUT2D eigenvalue weighted by molar-refractivity contribution is -0.173. The molecular weight excluding hydrogens is 439 g/mol. The summed E-state index contributed by atoms with van der Waals surface area (Å²) in [6.45, 7) is 0.542. The van der Waals surface area contributed by atoms with Crippen molar-refractivity contribution in [3.8, 4) is 0 Å². The molecule has 2 aliphatic heterocycles. The van der Waals surface area contributed by atoms with Crippen LogP contribution < -0.4 is 5.32 Å². The lowest BCUT2D eigenvalue weighted by Gasteiger charge is -2.37. The minimum absolute atomic E-state index is 0.137. The van der Waals surface area contributed by atoms with Gasteiger partial charge in [0, 0.05) is 30.2 Å². The van der Waals surface area contributed by atoms with Gasteiger partial charge >= 0.3 is 6.18 Å². The lowest BCUT2D eigenvalue weighted by Crippen LogP contribution is -2.40. The van der Waals surface area contributed by atoms with Crippen molar-refractivity contribution < 1.29 is 18.0 Å². The minimum Gasteiger partial charge on any atom is -0.362 e. The predicted octanol–water partition coefficient (Wildman–Crippen LogP) is 5.37. The number of halogens is 3. The number of nitrogens with one attached hydrogen (secondary N) is 1. The van der Waals surface area contributed by atoms with Crippen molar-refractivity contribution >= 4 is 23.1 Å². The molecule has 3 aromatic rings. The van der Waals surface area contributed by atoms with E-state index in [2.05, 4.69) is 15.4 Å². The SMILES string of the molecule is O=C(c1cnn2c1N[C@H](c1cccs1)C[C@@H]2C(F)(F)F)N1CCCC[C@@H]1c1cccnc1. The van der Waals surface area contributed by atoms with Gasteiger partial charge in [-0.25, -0.2) is 4.68 Å². The first kappa shape index (κ1) is 21.0. The van der Waals surface area contributed by atoms with Crippen LogP contribution in [0.5, 0.6) is 0 Å². The van der Waals surface area contributed by atoms with E-state index in [1.807, 2.05) is 29.6 Å². The van der Waals surface area contributed by atoms with Gasteiger partial charge in [0.2, 0.25) is 0 Å². The Morgan fingerprint density at radius 2 is 2.06 bits per heavy atom. The molecule has 6 nitrogen and oxygen atoms in total. The van der Waals surface area contributed by atoms with Crippen LogP contribution in [0.2, 0.25) is 0 Å². The van der Waals surface area contributed by atoms with Gasteiger partial charge < -0.3 is 10.2 Å². The number of hydrogen-bond acceptors (Lipinski definition) is 5. The number of amides is 1. The van der Waals surface area contributed by atoms with E-state index in [1.54, 1.807) is 17.3 Å². The number of fused-ring (bicyclic) bond motifs is 1. The van der Waals surface area contributed by atoms with Crippen LogP contribution in [0.25, 0.3) is 0 Å². The van der Waals surface area contributed by atoms with E-state index in [4.69, 9.17) is 0 Å². The molecule has 0 radical (unpaired) electrons. The van der Waals surface area contributed by atoms with Crippen molar-refractivity contribution in [3.05, 3.63) is 64.2 Å². The molecular formula is C22H22F3N5OS. The Bertz CT molecular complexity index is 1080. The number of piperidine rings is 1. The lowest BCUT2D eigenvalue weighted by atomic mass is 9.95. The summed E-state index contributed by atoms with van der Waals surface area (Å²) in [6, 6.07) is 4.91. The van der Waals surface area contributed by atoms with Gasteiger partial charge in [-0.1, -0.05) is 12.1 Å². The molecule has 2 aliphatic rings. The predicted molar refractivity (Wildman–Crippen MR) is 114 cm³/mol. The number of anilines is 1. The molecule has 1 saturated heterocycles. The van der Waals surface area contributed by atoms with Gasteiger partial charge in [-0.15, -0.1) is 11.3 Å². The maximum atomic E-state index is 13.9. The number of likely N-dealkylation sites (tertiary alicyclic amines) is 1. The van der Waals surface area contributed by atoms with Crippen molar-refractivity contribution in [2.75, 3.05) is 11.9 Å². The summed E-state index contributed by atoms with van der Waals surface area (Å²) >= 11 is 1.40. The van der Waals surface area contributed by atoms with Gasteiger partial charge in [0.05, 0.1) is 18.3 Å². The van der Waals surface area contributed by atoms with Crippen LogP contribution in [-0.2, 0) is 0 Å². The Morgan fingerprint density at radius 3 is 2.78 bits per heavy atom. The average molecular weight is 462 g/mol. The number of pyridine rings is 1. The molecule has 0 unspecified atom stereocenters. The van der Waals surface area contributed by atoms with Crippen molar-refractivity contribution in [1.82, 2.24) is 19.7 Å². The third-order valence-electron chi connectivity index (χ3n) is 6.19. The zero-order chi connectivity index (χ0) is 22.3. The van der Waals surface area contributed by atoms with Crippen LogP contribution >= 0.6 is 11.3 Å². The van der Waals surface area contributed by atoms with Crippen molar-refractivity contribution in [3.63, 3.8) is 0 Å². The zero-order valence-electron chi connectivity index (χ0n) is 17.1. The summed E-state index contributed by atoms with van der Waals surface area (Å²) in [6.07, 6.45) is 2.67. The van der Waals surface area contributed by atoms with Crippen LogP contribution in [0, 0.1) is 0 Å². The Kier molecular flexibility index (Phi) is 5.40. The van der Waals surface area contributed by atoms with E-state index >= 15 is 0 Å². The largest absolute Gasteiger partial charge is 0.410 e. The zero-order valence-corrected chi connectivity index (χ0v) is 17.9. The first-order valence-corrected chi connectivity index (χ1v) is 11.5. The van der Waals surface area contributed by atoms with Crippen LogP contribution in [-0.4, -0.2) is 38.3 Å². The van der Waals surface area contributed by atoms with Crippen LogP contribution in [0.1, 0.15) is 64.6 Å². The van der Waals surface area contributed by atoms with Gasteiger partial charge in [-0.2, -0.15) is 18.3 Å². The second-order valence-corrected chi connectivity index (χ2v) is 9.13. The van der Waals surface area contributed by atoms with E-state index in [-0.39, 0.29) is 29.8 Å². The summed E-state index contributed by atoms with van der Waals surface area (Å²) < 4.78 is 42.6. The Balaban J connectivity index is 1.51. The smallest absolute Gasteiger partial charge is 0.362 e. The standard InChI is InChI=1S/C22H22F3N5OS/c23-22(24,25)19-11-16(18-7-4-10-32-18)28-20-15(13-27-30(19)20)21(31)29-9-2-1-6-17(29)14-5-3-8-26-12-14/h3-5,7-8,10,12-13,16-17,19,28H,1-2,6,9,11H2/t16-,17+,19+/m0/s1. The molecule has 3 aromatic heterocycles. The van der Waals surface area contributed by atoms with E-state index in [0.29, 0.717) is 6.54 Å². The first-order valence-electron chi connectivity index (χ1n) is 10.6. The number of carbonyl (C=O) groups excluding carboxylic acids is 1. The molecule has 0 aromatic carbocycles. The number of alkyl halides is 3. The van der Waals surface area contributed by atoms with Gasteiger partial charge in [0.1, 0.15) is 11.4 Å². The molecule has 5 heterocycles. The second-order valence-electron chi connectivity index (χ2n) is 8.15. The molecule has 32 heavy (non-hydrogen) atoms. The number of aromatic nitrogens is 3. The first-order chi connectivity index (χ1) is 15.4. The molecule has 0 saturated carbocycles. The fraction of sp³-hybridized carbons (Fsp3) is 0.409. The number of thiophene rings is 1. The highest BCUT2D eigenvalue weighted by atomic mass is 32.1. The number of hydrogen-bond donors (Lipinski definition) is 1. The van der Waals surface area contributed by atoms with Crippen LogP contribution in [0.4, 0.5) is 19.0 Å². The summed E-state index contributed by atoms with van der Waals surface area (Å²) in [5.74, 6) is -0.169. The van der Waals surface area contributed by atoms with Gasteiger partial charge in [-0.05, 0) is 42.3 Å². The summed E-state index contributed by atoms with van der Waals surface area (Å²) in [4.78, 5) is 20.3. The fourth-order valence-electron chi connectivity index (χ4n) is 4.64. The molecule has 1 fully saturated rings. The van der Waals surface area contributed by atoms with Gasteiger partial charge in [0.15, 0.2) is 6.04 Å². The maximum Gasteiger partial charge on any atom is 0.410 e. The van der Waals surface area contributed by atoms with Crippen molar-refractivity contribution in [1.29, 1.82) is 0 Å². The molecule has 5 rings (SSSR count). The van der Waals surface area contributed by atoms with Crippen LogP contribution in [0.15, 0.2) is 48.2 Å². The van der Waals surface area contributed by atoms with Crippen molar-refractivity contribution in [2.45, 2.75) is 50.0 Å². The molecule has 0 aliphatic carbocycles. The number of carbonyl (C=O) groups is 1. The quantitative estimate of drug-likeness (QED) is 0.570. The van der Waals surface area contributed by atoms with Crippen molar-refractivity contribution in [2.24, 2.45) is 0 Å². The average Bonchev–Trinajstić information content (AvgIpc) is 3.48.